The molecule has 0 bridgehead atoms. The lowest BCUT2D eigenvalue weighted by molar-refractivity contribution is -0.143. The van der Waals surface area contributed by atoms with Crippen molar-refractivity contribution in [2.45, 2.75) is 44.4 Å². The number of aromatic nitrogens is 1. The van der Waals surface area contributed by atoms with E-state index in [9.17, 15) is 14.7 Å². The summed E-state index contributed by atoms with van der Waals surface area (Å²) < 4.78 is 6.12. The molecule has 1 aromatic heterocycles. The summed E-state index contributed by atoms with van der Waals surface area (Å²) in [5, 5.41) is 15.3. The van der Waals surface area contributed by atoms with Gasteiger partial charge in [-0.05, 0) is 37.0 Å². The highest BCUT2D eigenvalue weighted by Crippen LogP contribution is 2.28. The van der Waals surface area contributed by atoms with Gasteiger partial charge in [0, 0.05) is 23.9 Å². The summed E-state index contributed by atoms with van der Waals surface area (Å²) in [5.74, 6) is -0.148. The normalized spacial score (nSPS) is 13.5. The predicted molar refractivity (Wildman–Crippen MR) is 142 cm³/mol. The number of carbonyl (C=O) groups is 2. The molecule has 2 aromatic rings. The Hall–Kier alpha value is -2.43. The molecule has 1 aromatic carbocycles. The Labute approximate surface area is 210 Å². The summed E-state index contributed by atoms with van der Waals surface area (Å²) in [7, 11) is 0. The summed E-state index contributed by atoms with van der Waals surface area (Å²) in [4.78, 5) is 29.3. The molecule has 3 atom stereocenters. The Kier molecular flexibility index (Phi) is 12.1. The summed E-state index contributed by atoms with van der Waals surface area (Å²) in [5.41, 5.74) is 8.19. The van der Waals surface area contributed by atoms with Gasteiger partial charge < -0.3 is 26.2 Å². The van der Waals surface area contributed by atoms with Gasteiger partial charge in [-0.3, -0.25) is 4.79 Å². The highest BCUT2D eigenvalue weighted by atomic mass is 32.2. The van der Waals surface area contributed by atoms with Crippen molar-refractivity contribution in [2.75, 3.05) is 29.6 Å². The van der Waals surface area contributed by atoms with Gasteiger partial charge in [0.2, 0.25) is 5.88 Å². The number of ether oxygens (including phenoxy) is 1. The fraction of sp³-hybridized carbons (Fsp3) is 0.458. The van der Waals surface area contributed by atoms with Crippen molar-refractivity contribution in [1.82, 2.24) is 10.3 Å². The first-order valence-corrected chi connectivity index (χ1v) is 13.3. The van der Waals surface area contributed by atoms with Gasteiger partial charge in [0.25, 0.3) is 5.91 Å². The van der Waals surface area contributed by atoms with Crippen LogP contribution in [0.15, 0.2) is 42.5 Å². The third kappa shape index (κ3) is 8.73. The number of nitrogens with one attached hydrogen (secondary N) is 2. The number of benzene rings is 1. The number of aliphatic carboxylic acids is 1. The number of rotatable bonds is 15. The second-order valence-corrected chi connectivity index (χ2v) is 9.17. The van der Waals surface area contributed by atoms with E-state index in [1.54, 1.807) is 0 Å². The summed E-state index contributed by atoms with van der Waals surface area (Å²) in [6.45, 7) is 2.39. The lowest BCUT2D eigenvalue weighted by Crippen LogP contribution is -2.47. The van der Waals surface area contributed by atoms with Crippen molar-refractivity contribution >= 4 is 42.0 Å². The molecule has 186 valence electrons. The van der Waals surface area contributed by atoms with Crippen LogP contribution in [0.4, 0.5) is 5.69 Å². The van der Waals surface area contributed by atoms with Crippen LogP contribution in [0.1, 0.15) is 26.2 Å². The first kappa shape index (κ1) is 27.8. The third-order valence-corrected chi connectivity index (χ3v) is 6.15. The lowest BCUT2D eigenvalue weighted by Gasteiger charge is -2.23. The van der Waals surface area contributed by atoms with Gasteiger partial charge in [0.1, 0.15) is 6.04 Å². The number of carboxylic acids is 1. The molecule has 34 heavy (non-hydrogen) atoms. The first-order valence-electron chi connectivity index (χ1n) is 11.2. The third-order valence-electron chi connectivity index (χ3n) is 5.04. The molecule has 8 nitrogen and oxygen atoms in total. The molecule has 0 aliphatic rings. The van der Waals surface area contributed by atoms with E-state index in [0.29, 0.717) is 48.7 Å². The second-order valence-electron chi connectivity index (χ2n) is 7.81. The molecular weight excluding hydrogens is 472 g/mol. The number of nitrogens with two attached hydrogens (primary N) is 1. The van der Waals surface area contributed by atoms with Gasteiger partial charge in [-0.1, -0.05) is 43.7 Å². The largest absolute Gasteiger partial charge is 0.480 e. The minimum Gasteiger partial charge on any atom is -0.480 e. The van der Waals surface area contributed by atoms with Crippen LogP contribution in [0, 0.1) is 0 Å². The average Bonchev–Trinajstić information content (AvgIpc) is 2.85. The van der Waals surface area contributed by atoms with Crippen molar-refractivity contribution in [1.29, 1.82) is 0 Å². The van der Waals surface area contributed by atoms with Crippen molar-refractivity contribution in [3.8, 4) is 17.1 Å². The molecule has 0 spiro atoms. The van der Waals surface area contributed by atoms with E-state index in [1.807, 2.05) is 55.6 Å². The fourth-order valence-electron chi connectivity index (χ4n) is 3.14. The highest BCUT2D eigenvalue weighted by molar-refractivity contribution is 7.98. The summed E-state index contributed by atoms with van der Waals surface area (Å²) >= 11 is 5.75. The molecule has 0 aliphatic carbocycles. The minimum atomic E-state index is -1.06. The predicted octanol–water partition coefficient (Wildman–Crippen LogP) is 3.29. The standard InChI is InChI=1S/C24H34N4O4S2/c1-3-7-21(22(29)27-20(24(30)31)12-13-34-2)32-23-19(26-14-17(25)15-33)11-10-18(28-23)16-8-5-4-6-9-16/h4-6,8-11,17,20-21,26,33H,3,7,12-15,25H2,1-2H3,(H,27,29)(H,30,31)/t17?,20-,21?/m0/s1. The summed E-state index contributed by atoms with van der Waals surface area (Å²) in [6, 6.07) is 12.2. The van der Waals surface area contributed by atoms with E-state index in [4.69, 9.17) is 10.5 Å². The number of thiol groups is 1. The Bertz CT molecular complexity index is 917. The van der Waals surface area contributed by atoms with Gasteiger partial charge in [-0.15, -0.1) is 0 Å². The summed E-state index contributed by atoms with van der Waals surface area (Å²) in [6.07, 6.45) is 2.42. The van der Waals surface area contributed by atoms with E-state index in [-0.39, 0.29) is 11.9 Å². The van der Waals surface area contributed by atoms with E-state index >= 15 is 0 Å². The van der Waals surface area contributed by atoms with Crippen molar-refractivity contribution < 1.29 is 19.4 Å². The maximum atomic E-state index is 13.0. The minimum absolute atomic E-state index is 0.174. The number of thioether (sulfide) groups is 1. The van der Waals surface area contributed by atoms with E-state index < -0.39 is 24.0 Å². The number of anilines is 1. The smallest absolute Gasteiger partial charge is 0.326 e. The van der Waals surface area contributed by atoms with Crippen molar-refractivity contribution in [3.63, 3.8) is 0 Å². The molecule has 10 heteroatoms. The maximum absolute atomic E-state index is 13.0. The Morgan fingerprint density at radius 3 is 2.56 bits per heavy atom. The van der Waals surface area contributed by atoms with E-state index in [0.717, 1.165) is 5.56 Å². The molecule has 2 unspecified atom stereocenters. The zero-order chi connectivity index (χ0) is 24.9. The Balaban J connectivity index is 2.31. The molecular formula is C24H34N4O4S2. The molecule has 0 radical (unpaired) electrons. The molecule has 1 heterocycles. The number of carboxylic acid groups (broad SMARTS) is 1. The first-order chi connectivity index (χ1) is 16.4. The number of nitrogens with zero attached hydrogens (tertiary/aromatic N) is 1. The molecule has 1 amide bonds. The van der Waals surface area contributed by atoms with Crippen molar-refractivity contribution in [3.05, 3.63) is 42.5 Å². The van der Waals surface area contributed by atoms with Gasteiger partial charge in [0.15, 0.2) is 6.10 Å². The van der Waals surface area contributed by atoms with Crippen molar-refractivity contribution in [2.24, 2.45) is 5.73 Å². The number of carbonyl (C=O) groups excluding carboxylic acids is 1. The second kappa shape index (κ2) is 14.7. The zero-order valence-corrected chi connectivity index (χ0v) is 21.3. The van der Waals surface area contributed by atoms with Gasteiger partial charge in [-0.25, -0.2) is 9.78 Å². The van der Waals surface area contributed by atoms with Gasteiger partial charge in [0.05, 0.1) is 11.4 Å². The quantitative estimate of drug-likeness (QED) is 0.233. The number of hydrogen-bond donors (Lipinski definition) is 5. The van der Waals surface area contributed by atoms with Gasteiger partial charge in [-0.2, -0.15) is 24.4 Å². The lowest BCUT2D eigenvalue weighted by atomic mass is 10.1. The van der Waals surface area contributed by atoms with E-state index in [2.05, 4.69) is 28.2 Å². The molecule has 0 aliphatic heterocycles. The zero-order valence-electron chi connectivity index (χ0n) is 19.6. The monoisotopic (exact) mass is 506 g/mol. The average molecular weight is 507 g/mol. The van der Waals surface area contributed by atoms with Gasteiger partial charge >= 0.3 is 5.97 Å². The topological polar surface area (TPSA) is 127 Å². The highest BCUT2D eigenvalue weighted by Gasteiger charge is 2.27. The number of pyridine rings is 1. The molecule has 0 saturated carbocycles. The van der Waals surface area contributed by atoms with Crippen LogP contribution in [0.5, 0.6) is 5.88 Å². The number of amides is 1. The number of hydrogen-bond acceptors (Lipinski definition) is 8. The van der Waals surface area contributed by atoms with Crippen LogP contribution in [-0.2, 0) is 9.59 Å². The molecule has 2 rings (SSSR count). The van der Waals surface area contributed by atoms with Crippen LogP contribution in [0.2, 0.25) is 0 Å². The fourth-order valence-corrected chi connectivity index (χ4v) is 3.74. The SMILES string of the molecule is CCCC(Oc1nc(-c2ccccc2)ccc1NCC(N)CS)C(=O)N[C@@H](CCSC)C(=O)O. The van der Waals surface area contributed by atoms with E-state index in [1.165, 1.54) is 11.8 Å². The van der Waals surface area contributed by atoms with Crippen LogP contribution < -0.4 is 21.1 Å². The van der Waals surface area contributed by atoms with Crippen LogP contribution in [0.3, 0.4) is 0 Å². The molecule has 0 saturated heterocycles. The maximum Gasteiger partial charge on any atom is 0.326 e. The van der Waals surface area contributed by atoms with Crippen LogP contribution in [-0.4, -0.2) is 64.5 Å². The Morgan fingerprint density at radius 1 is 1.21 bits per heavy atom. The van der Waals surface area contributed by atoms with Crippen LogP contribution in [0.25, 0.3) is 11.3 Å². The molecule has 0 fully saturated rings. The Morgan fingerprint density at radius 2 is 1.94 bits per heavy atom. The van der Waals surface area contributed by atoms with Crippen LogP contribution >= 0.6 is 24.4 Å². The molecule has 5 N–H and O–H groups in total.